The number of hydrogen-bond donors (Lipinski definition) is 0. The van der Waals surface area contributed by atoms with Gasteiger partial charge in [0.1, 0.15) is 11.2 Å². The lowest BCUT2D eigenvalue weighted by atomic mass is 9.33. The van der Waals surface area contributed by atoms with Crippen molar-refractivity contribution >= 4 is 96.2 Å². The molecule has 0 atom stereocenters. The minimum atomic E-state index is -0.0276. The minimum absolute atomic E-state index is 0.0276. The van der Waals surface area contributed by atoms with Gasteiger partial charge in [-0.3, -0.25) is 0 Å². The van der Waals surface area contributed by atoms with Crippen LogP contribution >= 0.6 is 0 Å². The van der Waals surface area contributed by atoms with Gasteiger partial charge in [0.2, 0.25) is 0 Å². The number of hydrogen-bond acceptors (Lipinski definition) is 4. The van der Waals surface area contributed by atoms with Crippen molar-refractivity contribution < 1.29 is 4.42 Å². The molecule has 65 heavy (non-hydrogen) atoms. The predicted molar refractivity (Wildman–Crippen MR) is 276 cm³/mol. The van der Waals surface area contributed by atoms with Crippen molar-refractivity contribution in [3.05, 3.63) is 215 Å². The fraction of sp³-hybridized carbons (Fsp3) is 0.100. The number of para-hydroxylation sites is 1. The van der Waals surface area contributed by atoms with E-state index in [0.717, 1.165) is 61.6 Å². The number of furan rings is 1. The van der Waals surface area contributed by atoms with E-state index in [4.69, 9.17) is 4.42 Å². The third-order valence-corrected chi connectivity index (χ3v) is 13.7. The third kappa shape index (κ3) is 6.37. The van der Waals surface area contributed by atoms with Crippen molar-refractivity contribution in [2.45, 2.75) is 41.5 Å². The van der Waals surface area contributed by atoms with Crippen molar-refractivity contribution in [3.8, 4) is 11.1 Å². The summed E-state index contributed by atoms with van der Waals surface area (Å²) in [6, 6.07) is 67.8. The molecular weight excluding hydrogens is 789 g/mol. The molecule has 0 amide bonds. The number of fused-ring (bicyclic) bond motifs is 7. The fourth-order valence-electron chi connectivity index (χ4n) is 10.4. The quantitative estimate of drug-likeness (QED) is 0.156. The molecule has 4 nitrogen and oxygen atoms in total. The van der Waals surface area contributed by atoms with Gasteiger partial charge >= 0.3 is 0 Å². The molecular formula is C60H48BN3O. The lowest BCUT2D eigenvalue weighted by molar-refractivity contribution is 0.669. The lowest BCUT2D eigenvalue weighted by Gasteiger charge is -2.45. The first kappa shape index (κ1) is 38.9. The summed E-state index contributed by atoms with van der Waals surface area (Å²) < 4.78 is 6.48. The summed E-state index contributed by atoms with van der Waals surface area (Å²) in [4.78, 5) is 7.47. The molecule has 0 bridgehead atoms. The highest BCUT2D eigenvalue weighted by Crippen LogP contribution is 2.49. The van der Waals surface area contributed by atoms with Crippen LogP contribution in [-0.4, -0.2) is 6.71 Å². The summed E-state index contributed by atoms with van der Waals surface area (Å²) >= 11 is 0. The Morgan fingerprint density at radius 3 is 1.54 bits per heavy atom. The molecule has 0 N–H and O–H groups in total. The van der Waals surface area contributed by atoms with Gasteiger partial charge in [0.15, 0.2) is 0 Å². The van der Waals surface area contributed by atoms with Gasteiger partial charge in [-0.15, -0.1) is 0 Å². The molecule has 10 aromatic rings. The monoisotopic (exact) mass is 837 g/mol. The van der Waals surface area contributed by atoms with Crippen molar-refractivity contribution in [1.29, 1.82) is 0 Å². The van der Waals surface area contributed by atoms with E-state index < -0.39 is 0 Å². The first-order valence-electron chi connectivity index (χ1n) is 22.7. The number of nitrogens with zero attached hydrogens (tertiary/aromatic N) is 3. The Hall–Kier alpha value is -7.76. The van der Waals surface area contributed by atoms with E-state index in [2.05, 4.69) is 232 Å². The van der Waals surface area contributed by atoms with Gasteiger partial charge in [-0.2, -0.15) is 0 Å². The maximum Gasteiger partial charge on any atom is 0.252 e. The van der Waals surface area contributed by atoms with Gasteiger partial charge < -0.3 is 19.1 Å². The van der Waals surface area contributed by atoms with Gasteiger partial charge in [-0.25, -0.2) is 0 Å². The van der Waals surface area contributed by atoms with Crippen LogP contribution in [0, 0.1) is 41.5 Å². The molecule has 0 saturated carbocycles. The summed E-state index contributed by atoms with van der Waals surface area (Å²) in [5.41, 5.74) is 25.7. The second kappa shape index (κ2) is 14.9. The van der Waals surface area contributed by atoms with Crippen LogP contribution in [0.1, 0.15) is 33.4 Å². The Balaban J connectivity index is 1.18. The molecule has 0 saturated heterocycles. The molecule has 5 heteroatoms. The minimum Gasteiger partial charge on any atom is -0.456 e. The zero-order chi connectivity index (χ0) is 44.1. The van der Waals surface area contributed by atoms with Gasteiger partial charge in [0, 0.05) is 56.3 Å². The average Bonchev–Trinajstić information content (AvgIpc) is 3.69. The molecule has 0 radical (unpaired) electrons. The molecule has 0 unspecified atom stereocenters. The van der Waals surface area contributed by atoms with E-state index in [0.29, 0.717) is 0 Å². The van der Waals surface area contributed by atoms with Gasteiger partial charge in [-0.05, 0) is 166 Å². The highest BCUT2D eigenvalue weighted by Gasteiger charge is 2.44. The fourth-order valence-corrected chi connectivity index (χ4v) is 10.4. The Morgan fingerprint density at radius 1 is 0.400 bits per heavy atom. The molecule has 312 valence electrons. The highest BCUT2D eigenvalue weighted by atomic mass is 16.3. The van der Waals surface area contributed by atoms with E-state index in [1.165, 1.54) is 72.4 Å². The Bertz CT molecular complexity index is 3450. The number of rotatable bonds is 6. The Kier molecular flexibility index (Phi) is 8.93. The molecule has 2 aliphatic heterocycles. The standard InChI is InChI=1S/C60H48BN3O/c1-37-11-21-44(22-12-37)62(45-23-13-38(2)14-24-45)48-34-56-60-57(35-48)64(47-27-17-40(4)18-28-47)55-36-51(43-20-29-50-49-9-7-8-10-58(49)65-59(50)33-43)42(6)32-53(55)61(60)52-31-41(5)19-30-54(52)63(56)46-25-15-39(3)16-26-46/h7-36H,1-6H3. The largest absolute Gasteiger partial charge is 0.456 e. The third-order valence-electron chi connectivity index (χ3n) is 13.7. The van der Waals surface area contributed by atoms with Crippen LogP contribution < -0.4 is 31.1 Å². The Morgan fingerprint density at radius 2 is 0.923 bits per heavy atom. The zero-order valence-electron chi connectivity index (χ0n) is 37.6. The molecule has 9 aromatic carbocycles. The maximum atomic E-state index is 6.48. The van der Waals surface area contributed by atoms with E-state index in [-0.39, 0.29) is 6.71 Å². The summed E-state index contributed by atoms with van der Waals surface area (Å²) in [5.74, 6) is 0. The number of aryl methyl sites for hydroxylation is 6. The van der Waals surface area contributed by atoms with Crippen LogP contribution in [0.2, 0.25) is 0 Å². The van der Waals surface area contributed by atoms with Crippen molar-refractivity contribution in [2.75, 3.05) is 14.7 Å². The van der Waals surface area contributed by atoms with Gasteiger partial charge in [0.25, 0.3) is 6.71 Å². The Labute approximate surface area is 381 Å². The normalized spacial score (nSPS) is 12.7. The van der Waals surface area contributed by atoms with Crippen LogP contribution in [0.25, 0.3) is 33.1 Å². The average molecular weight is 838 g/mol. The lowest BCUT2D eigenvalue weighted by Crippen LogP contribution is -2.61. The molecule has 2 aliphatic rings. The van der Waals surface area contributed by atoms with Crippen LogP contribution in [0.15, 0.2) is 186 Å². The molecule has 0 spiro atoms. The summed E-state index contributed by atoms with van der Waals surface area (Å²) in [5, 5.41) is 2.27. The highest BCUT2D eigenvalue weighted by molar-refractivity contribution is 7.00. The van der Waals surface area contributed by atoms with Crippen molar-refractivity contribution in [1.82, 2.24) is 0 Å². The topological polar surface area (TPSA) is 22.9 Å². The van der Waals surface area contributed by atoms with Gasteiger partial charge in [0.05, 0.1) is 5.69 Å². The zero-order valence-corrected chi connectivity index (χ0v) is 37.6. The van der Waals surface area contributed by atoms with E-state index in [1.807, 2.05) is 6.07 Å². The number of benzene rings is 9. The molecule has 12 rings (SSSR count). The van der Waals surface area contributed by atoms with E-state index in [1.54, 1.807) is 0 Å². The molecule has 1 aromatic heterocycles. The predicted octanol–water partition coefficient (Wildman–Crippen LogP) is 14.7. The maximum absolute atomic E-state index is 6.48. The van der Waals surface area contributed by atoms with Crippen LogP contribution in [0.5, 0.6) is 0 Å². The second-order valence-corrected chi connectivity index (χ2v) is 18.3. The van der Waals surface area contributed by atoms with E-state index >= 15 is 0 Å². The van der Waals surface area contributed by atoms with Crippen LogP contribution in [-0.2, 0) is 0 Å². The second-order valence-electron chi connectivity index (χ2n) is 18.3. The van der Waals surface area contributed by atoms with Crippen LogP contribution in [0.3, 0.4) is 0 Å². The van der Waals surface area contributed by atoms with Gasteiger partial charge in [-0.1, -0.05) is 119 Å². The van der Waals surface area contributed by atoms with E-state index in [9.17, 15) is 0 Å². The first-order valence-corrected chi connectivity index (χ1v) is 22.7. The summed E-state index contributed by atoms with van der Waals surface area (Å²) in [7, 11) is 0. The summed E-state index contributed by atoms with van der Waals surface area (Å²) in [6.07, 6.45) is 0. The number of anilines is 9. The van der Waals surface area contributed by atoms with Crippen LogP contribution in [0.4, 0.5) is 51.2 Å². The summed E-state index contributed by atoms with van der Waals surface area (Å²) in [6.45, 7) is 13.1. The molecule has 3 heterocycles. The van der Waals surface area contributed by atoms with Crippen molar-refractivity contribution in [3.63, 3.8) is 0 Å². The smallest absolute Gasteiger partial charge is 0.252 e. The molecule has 0 fully saturated rings. The SMILES string of the molecule is Cc1ccc(N(c2ccc(C)cc2)c2cc3c4c(c2)N(c2ccc(C)cc2)c2cc(-c5ccc6c(c5)oc5ccccc56)c(C)cc2B4c2cc(C)ccc2N3c2ccc(C)cc2)cc1. The molecule has 0 aliphatic carbocycles. The van der Waals surface area contributed by atoms with Crippen molar-refractivity contribution in [2.24, 2.45) is 0 Å². The first-order chi connectivity index (χ1) is 31.7.